The normalized spacial score (nSPS) is 9.56. The molecule has 9 heavy (non-hydrogen) atoms. The van der Waals surface area contributed by atoms with E-state index in [1.807, 2.05) is 0 Å². The first-order valence-corrected chi connectivity index (χ1v) is 2.91. The molecule has 2 nitrogen and oxygen atoms in total. The Morgan fingerprint density at radius 2 is 1.78 bits per heavy atom. The van der Waals surface area contributed by atoms with Crippen LogP contribution in [-0.2, 0) is 0 Å². The number of hydrogen-bond donors (Lipinski definition) is 1. The van der Waals surface area contributed by atoms with Crippen LogP contribution in [0.1, 0.15) is 0 Å². The summed E-state index contributed by atoms with van der Waals surface area (Å²) in [6.07, 6.45) is 0. The van der Waals surface area contributed by atoms with Crippen LogP contribution in [0.4, 0.5) is 5.69 Å². The highest BCUT2D eigenvalue weighted by Gasteiger charge is 1.87. The molecule has 0 aromatic heterocycles. The van der Waals surface area contributed by atoms with E-state index in [-0.39, 0.29) is 0 Å². The van der Waals surface area contributed by atoms with Gasteiger partial charge in [-0.25, -0.2) is 0 Å². The molecule has 0 aliphatic heterocycles. The smallest absolute Gasteiger partial charge is 0.129 e. The summed E-state index contributed by atoms with van der Waals surface area (Å²) in [5.41, 5.74) is 1.44. The summed E-state index contributed by atoms with van der Waals surface area (Å²) in [6, 6.07) is 6.72. The quantitative estimate of drug-likeness (QED) is 0.463. The maximum atomic E-state index is 10.1. The molecule has 0 spiro atoms. The van der Waals surface area contributed by atoms with Gasteiger partial charge in [-0.05, 0) is 12.1 Å². The highest BCUT2D eigenvalue weighted by molar-refractivity contribution is 6.30. The van der Waals surface area contributed by atoms with Gasteiger partial charge in [0.15, 0.2) is 0 Å². The van der Waals surface area contributed by atoms with Gasteiger partial charge >= 0.3 is 0 Å². The lowest BCUT2D eigenvalue weighted by Crippen LogP contribution is -2.70. The van der Waals surface area contributed by atoms with Crippen molar-refractivity contribution < 1.29 is 5.48 Å². The first-order chi connectivity index (χ1) is 4.33. The van der Waals surface area contributed by atoms with Crippen molar-refractivity contribution in [3.8, 4) is 0 Å². The van der Waals surface area contributed by atoms with Gasteiger partial charge in [-0.1, -0.05) is 11.6 Å². The fourth-order valence-corrected chi connectivity index (χ4v) is 0.667. The minimum absolute atomic E-state index is 0.652. The Hall–Kier alpha value is -0.570. The van der Waals surface area contributed by atoms with E-state index in [4.69, 9.17) is 11.6 Å². The Bertz CT molecular complexity index is 185. The van der Waals surface area contributed by atoms with E-state index in [0.717, 1.165) is 5.48 Å². The Labute approximate surface area is 58.0 Å². The molecular formula is C6H6ClNO. The predicted octanol–water partition coefficient (Wildman–Crippen LogP) is 1.03. The maximum absolute atomic E-state index is 10.1. The zero-order valence-electron chi connectivity index (χ0n) is 4.67. The van der Waals surface area contributed by atoms with E-state index in [0.29, 0.717) is 10.7 Å². The van der Waals surface area contributed by atoms with Crippen molar-refractivity contribution in [2.45, 2.75) is 0 Å². The van der Waals surface area contributed by atoms with Crippen molar-refractivity contribution in [3.05, 3.63) is 34.5 Å². The third-order valence-electron chi connectivity index (χ3n) is 1.01. The second-order valence-corrected chi connectivity index (χ2v) is 2.11. The molecule has 3 heteroatoms. The molecule has 1 aromatic carbocycles. The van der Waals surface area contributed by atoms with Crippen LogP contribution >= 0.6 is 11.6 Å². The summed E-state index contributed by atoms with van der Waals surface area (Å²) < 4.78 is 0. The van der Waals surface area contributed by atoms with Crippen molar-refractivity contribution in [1.82, 2.24) is 0 Å². The molecule has 0 saturated carbocycles. The number of halogens is 1. The summed E-state index contributed by atoms with van der Waals surface area (Å²) in [6.45, 7) is 0. The number of rotatable bonds is 1. The van der Waals surface area contributed by atoms with Crippen LogP contribution in [-0.4, -0.2) is 0 Å². The van der Waals surface area contributed by atoms with Crippen LogP contribution in [0.15, 0.2) is 24.3 Å². The molecule has 0 aliphatic carbocycles. The molecule has 1 aromatic rings. The Kier molecular flexibility index (Phi) is 2.05. The first-order valence-electron chi connectivity index (χ1n) is 2.53. The molecule has 0 radical (unpaired) electrons. The average molecular weight is 144 g/mol. The number of hydrogen-bond acceptors (Lipinski definition) is 1. The third-order valence-corrected chi connectivity index (χ3v) is 1.26. The van der Waals surface area contributed by atoms with Gasteiger partial charge in [-0.2, -0.15) is 0 Å². The van der Waals surface area contributed by atoms with Crippen LogP contribution in [0.25, 0.3) is 0 Å². The molecular weight excluding hydrogens is 138 g/mol. The Morgan fingerprint density at radius 1 is 1.22 bits per heavy atom. The summed E-state index contributed by atoms with van der Waals surface area (Å²) in [5, 5.41) is 10.7. The summed E-state index contributed by atoms with van der Waals surface area (Å²) in [7, 11) is 0. The molecule has 0 aliphatic rings. The second kappa shape index (κ2) is 2.82. The standard InChI is InChI=1S/C6H6ClNO/c7-5-1-3-6(8-9)4-2-5/h1-4H,8H2. The summed E-state index contributed by atoms with van der Waals surface area (Å²) in [5.74, 6) is 0. The van der Waals surface area contributed by atoms with Crippen molar-refractivity contribution in [2.75, 3.05) is 0 Å². The fraction of sp³-hybridized carbons (Fsp3) is 0. The molecule has 0 bridgehead atoms. The van der Waals surface area contributed by atoms with E-state index < -0.39 is 0 Å². The highest BCUT2D eigenvalue weighted by atomic mass is 35.5. The molecule has 2 N–H and O–H groups in total. The van der Waals surface area contributed by atoms with Gasteiger partial charge in [-0.3, -0.25) is 0 Å². The minimum Gasteiger partial charge on any atom is -0.630 e. The minimum atomic E-state index is 0.652. The van der Waals surface area contributed by atoms with Gasteiger partial charge in [0.1, 0.15) is 5.69 Å². The molecule has 0 unspecified atom stereocenters. The predicted molar refractivity (Wildman–Crippen MR) is 36.4 cm³/mol. The fourth-order valence-electron chi connectivity index (χ4n) is 0.541. The van der Waals surface area contributed by atoms with E-state index >= 15 is 0 Å². The third kappa shape index (κ3) is 1.68. The molecule has 1 rings (SSSR count). The SMILES string of the molecule is [O-][NH2+]c1ccc(Cl)cc1. The van der Waals surface area contributed by atoms with Crippen LogP contribution < -0.4 is 5.48 Å². The van der Waals surface area contributed by atoms with E-state index in [2.05, 4.69) is 0 Å². The van der Waals surface area contributed by atoms with E-state index in [1.165, 1.54) is 0 Å². The monoisotopic (exact) mass is 143 g/mol. The van der Waals surface area contributed by atoms with Gasteiger partial charge < -0.3 is 10.7 Å². The van der Waals surface area contributed by atoms with Gasteiger partial charge in [0.25, 0.3) is 0 Å². The van der Waals surface area contributed by atoms with Crippen molar-refractivity contribution >= 4 is 17.3 Å². The summed E-state index contributed by atoms with van der Waals surface area (Å²) in [4.78, 5) is 0. The molecule has 0 saturated heterocycles. The van der Waals surface area contributed by atoms with Crippen LogP contribution in [0, 0.1) is 5.21 Å². The lowest BCUT2D eigenvalue weighted by atomic mass is 10.3. The Morgan fingerprint density at radius 3 is 2.22 bits per heavy atom. The van der Waals surface area contributed by atoms with Gasteiger partial charge in [0, 0.05) is 17.2 Å². The summed E-state index contributed by atoms with van der Waals surface area (Å²) >= 11 is 5.55. The average Bonchev–Trinajstić information content (AvgIpc) is 1.90. The maximum Gasteiger partial charge on any atom is 0.129 e. The van der Waals surface area contributed by atoms with Gasteiger partial charge in [0.2, 0.25) is 0 Å². The van der Waals surface area contributed by atoms with Crippen LogP contribution in [0.2, 0.25) is 5.02 Å². The number of benzene rings is 1. The van der Waals surface area contributed by atoms with Crippen molar-refractivity contribution in [1.29, 1.82) is 0 Å². The number of nitrogens with two attached hydrogens (primary N) is 1. The number of quaternary nitrogens is 1. The Balaban J connectivity index is 2.88. The molecule has 0 atom stereocenters. The first kappa shape index (κ1) is 6.55. The van der Waals surface area contributed by atoms with E-state index in [9.17, 15) is 5.21 Å². The lowest BCUT2D eigenvalue weighted by molar-refractivity contribution is -0.497. The molecule has 48 valence electrons. The largest absolute Gasteiger partial charge is 0.630 e. The van der Waals surface area contributed by atoms with Crippen molar-refractivity contribution in [2.24, 2.45) is 0 Å². The highest BCUT2D eigenvalue weighted by Crippen LogP contribution is 2.08. The van der Waals surface area contributed by atoms with E-state index in [1.54, 1.807) is 24.3 Å². The molecule has 0 amide bonds. The topological polar surface area (TPSA) is 39.7 Å². The molecule has 0 fully saturated rings. The van der Waals surface area contributed by atoms with Gasteiger partial charge in [-0.15, -0.1) is 0 Å². The lowest BCUT2D eigenvalue weighted by Gasteiger charge is -1.98. The van der Waals surface area contributed by atoms with Gasteiger partial charge in [0.05, 0.1) is 0 Å². The second-order valence-electron chi connectivity index (χ2n) is 1.67. The van der Waals surface area contributed by atoms with Crippen LogP contribution in [0.3, 0.4) is 0 Å². The zero-order valence-corrected chi connectivity index (χ0v) is 5.43. The molecule has 0 heterocycles. The van der Waals surface area contributed by atoms with Crippen LogP contribution in [0.5, 0.6) is 0 Å². The zero-order chi connectivity index (χ0) is 6.69. The van der Waals surface area contributed by atoms with Crippen molar-refractivity contribution in [3.63, 3.8) is 0 Å².